The van der Waals surface area contributed by atoms with E-state index in [0.717, 1.165) is 5.39 Å². The van der Waals surface area contributed by atoms with Crippen LogP contribution in [0.5, 0.6) is 0 Å². The molecule has 24 heavy (non-hydrogen) atoms. The van der Waals surface area contributed by atoms with Crippen molar-refractivity contribution in [2.24, 2.45) is 0 Å². The van der Waals surface area contributed by atoms with Crippen molar-refractivity contribution in [3.63, 3.8) is 0 Å². The van der Waals surface area contributed by atoms with Gasteiger partial charge < -0.3 is 19.5 Å². The molecule has 7 heteroatoms. The number of hydrogen-bond acceptors (Lipinski definition) is 4. The molecule has 1 N–H and O–H groups in total. The Morgan fingerprint density at radius 2 is 1.79 bits per heavy atom. The van der Waals surface area contributed by atoms with Crippen LogP contribution < -0.4 is 5.56 Å². The van der Waals surface area contributed by atoms with E-state index in [1.807, 2.05) is 6.07 Å². The molecule has 0 aliphatic carbocycles. The topological polar surface area (TPSA) is 82.7 Å². The molecule has 0 bridgehead atoms. The normalized spacial score (nSPS) is 14.7. The Morgan fingerprint density at radius 1 is 1.12 bits per heavy atom. The van der Waals surface area contributed by atoms with Crippen LogP contribution in [0.1, 0.15) is 17.4 Å². The molecule has 0 unspecified atom stereocenters. The first-order chi connectivity index (χ1) is 11.6. The van der Waals surface area contributed by atoms with Crippen LogP contribution in [-0.4, -0.2) is 59.6 Å². The van der Waals surface area contributed by atoms with E-state index in [2.05, 4.69) is 4.98 Å². The number of piperazine rings is 1. The standard InChI is InChI=1S/C17H19N3O4/c1-2-24-17(23)20-9-7-19(8-10-20)16(22)14-11-12-5-3-4-6-13(12)15(21)18-14/h3-6,11H,2,7-10H2,1H3,(H,18,21). The van der Waals surface area contributed by atoms with Crippen molar-refractivity contribution in [2.45, 2.75) is 6.92 Å². The summed E-state index contributed by atoms with van der Waals surface area (Å²) in [6, 6.07) is 8.83. The maximum Gasteiger partial charge on any atom is 0.409 e. The second-order valence-corrected chi connectivity index (χ2v) is 5.58. The fourth-order valence-electron chi connectivity index (χ4n) is 2.80. The summed E-state index contributed by atoms with van der Waals surface area (Å²) in [7, 11) is 0. The van der Waals surface area contributed by atoms with Gasteiger partial charge in [0.25, 0.3) is 11.5 Å². The quantitative estimate of drug-likeness (QED) is 0.904. The molecule has 1 aliphatic heterocycles. The van der Waals surface area contributed by atoms with E-state index in [-0.39, 0.29) is 23.3 Å². The predicted molar refractivity (Wildman–Crippen MR) is 89.1 cm³/mol. The van der Waals surface area contributed by atoms with Crippen LogP contribution in [0.3, 0.4) is 0 Å². The molecule has 2 amide bonds. The van der Waals surface area contributed by atoms with Gasteiger partial charge in [-0.1, -0.05) is 18.2 Å². The fraction of sp³-hybridized carbons (Fsp3) is 0.353. The van der Waals surface area contributed by atoms with Gasteiger partial charge in [0, 0.05) is 31.6 Å². The summed E-state index contributed by atoms with van der Waals surface area (Å²) in [5.74, 6) is -0.235. The van der Waals surface area contributed by atoms with Crippen LogP contribution in [-0.2, 0) is 4.74 Å². The molecule has 0 saturated carbocycles. The second kappa shape index (κ2) is 6.74. The zero-order valence-electron chi connectivity index (χ0n) is 13.4. The Hall–Kier alpha value is -2.83. The number of amides is 2. The molecule has 1 aliphatic rings. The van der Waals surface area contributed by atoms with Crippen LogP contribution in [0, 0.1) is 0 Å². The fourth-order valence-corrected chi connectivity index (χ4v) is 2.80. The number of fused-ring (bicyclic) bond motifs is 1. The van der Waals surface area contributed by atoms with Gasteiger partial charge in [-0.05, 0) is 24.4 Å². The third kappa shape index (κ3) is 3.10. The van der Waals surface area contributed by atoms with Crippen LogP contribution in [0.2, 0.25) is 0 Å². The number of carbonyl (C=O) groups is 2. The molecule has 1 aromatic carbocycles. The zero-order valence-corrected chi connectivity index (χ0v) is 13.4. The first-order valence-electron chi connectivity index (χ1n) is 7.93. The van der Waals surface area contributed by atoms with E-state index in [1.54, 1.807) is 41.0 Å². The summed E-state index contributed by atoms with van der Waals surface area (Å²) in [5.41, 5.74) is -0.00936. The molecule has 2 heterocycles. The summed E-state index contributed by atoms with van der Waals surface area (Å²) in [5, 5.41) is 1.29. The third-order valence-corrected chi connectivity index (χ3v) is 4.08. The molecule has 126 valence electrons. The van der Waals surface area contributed by atoms with Crippen LogP contribution in [0.15, 0.2) is 35.1 Å². The molecule has 7 nitrogen and oxygen atoms in total. The lowest BCUT2D eigenvalue weighted by molar-refractivity contribution is 0.0566. The van der Waals surface area contributed by atoms with Gasteiger partial charge in [0.2, 0.25) is 0 Å². The predicted octanol–water partition coefficient (Wildman–Crippen LogP) is 1.44. The zero-order chi connectivity index (χ0) is 17.1. The van der Waals surface area contributed by atoms with Crippen LogP contribution in [0.25, 0.3) is 10.8 Å². The van der Waals surface area contributed by atoms with Gasteiger partial charge in [-0.3, -0.25) is 9.59 Å². The number of nitrogens with zero attached hydrogens (tertiary/aromatic N) is 2. The monoisotopic (exact) mass is 329 g/mol. The van der Waals surface area contributed by atoms with Gasteiger partial charge in [0.05, 0.1) is 6.61 Å². The van der Waals surface area contributed by atoms with Crippen molar-refractivity contribution in [1.82, 2.24) is 14.8 Å². The molecule has 3 rings (SSSR count). The molecule has 0 radical (unpaired) electrons. The Morgan fingerprint density at radius 3 is 2.50 bits per heavy atom. The molecule has 0 atom stereocenters. The summed E-state index contributed by atoms with van der Waals surface area (Å²) in [6.07, 6.45) is -0.358. The van der Waals surface area contributed by atoms with Gasteiger partial charge in [-0.2, -0.15) is 0 Å². The highest BCUT2D eigenvalue weighted by atomic mass is 16.6. The highest BCUT2D eigenvalue weighted by Crippen LogP contribution is 2.13. The number of aromatic nitrogens is 1. The number of pyridine rings is 1. The number of aromatic amines is 1. The van der Waals surface area contributed by atoms with Crippen molar-refractivity contribution in [3.8, 4) is 0 Å². The Bertz CT molecular complexity index is 822. The summed E-state index contributed by atoms with van der Waals surface area (Å²) < 4.78 is 4.96. The largest absolute Gasteiger partial charge is 0.450 e. The summed E-state index contributed by atoms with van der Waals surface area (Å²) >= 11 is 0. The minimum atomic E-state index is -0.358. The lowest BCUT2D eigenvalue weighted by Crippen LogP contribution is -2.51. The SMILES string of the molecule is CCOC(=O)N1CCN(C(=O)c2cc3ccccc3c(=O)[nH]2)CC1. The minimum Gasteiger partial charge on any atom is -0.450 e. The molecule has 1 aromatic heterocycles. The van der Waals surface area contributed by atoms with Gasteiger partial charge in [-0.25, -0.2) is 4.79 Å². The smallest absolute Gasteiger partial charge is 0.409 e. The average Bonchev–Trinajstić information content (AvgIpc) is 2.61. The number of carbonyl (C=O) groups excluding carboxylic acids is 2. The van der Waals surface area contributed by atoms with Crippen molar-refractivity contribution >= 4 is 22.8 Å². The maximum absolute atomic E-state index is 12.6. The van der Waals surface area contributed by atoms with E-state index in [0.29, 0.717) is 38.2 Å². The Kier molecular flexibility index (Phi) is 4.50. The molecule has 1 fully saturated rings. The summed E-state index contributed by atoms with van der Waals surface area (Å²) in [6.45, 7) is 3.74. The van der Waals surface area contributed by atoms with Gasteiger partial charge in [0.15, 0.2) is 0 Å². The minimum absolute atomic E-state index is 0.235. The van der Waals surface area contributed by atoms with Gasteiger partial charge in [0.1, 0.15) is 5.69 Å². The summed E-state index contributed by atoms with van der Waals surface area (Å²) in [4.78, 5) is 42.3. The molecule has 1 saturated heterocycles. The number of benzene rings is 1. The highest BCUT2D eigenvalue weighted by Gasteiger charge is 2.26. The lowest BCUT2D eigenvalue weighted by atomic mass is 10.1. The highest BCUT2D eigenvalue weighted by molar-refractivity contribution is 5.96. The van der Waals surface area contributed by atoms with Crippen LogP contribution in [0.4, 0.5) is 4.79 Å². The first-order valence-corrected chi connectivity index (χ1v) is 7.93. The molecular weight excluding hydrogens is 310 g/mol. The lowest BCUT2D eigenvalue weighted by Gasteiger charge is -2.33. The Balaban J connectivity index is 1.74. The number of ether oxygens (including phenoxy) is 1. The van der Waals surface area contributed by atoms with E-state index in [9.17, 15) is 14.4 Å². The van der Waals surface area contributed by atoms with Gasteiger partial charge >= 0.3 is 6.09 Å². The van der Waals surface area contributed by atoms with E-state index < -0.39 is 0 Å². The first kappa shape index (κ1) is 16.0. The molecule has 2 aromatic rings. The van der Waals surface area contributed by atoms with E-state index >= 15 is 0 Å². The number of H-pyrrole nitrogens is 1. The molecular formula is C17H19N3O4. The Labute approximate surface area is 138 Å². The average molecular weight is 329 g/mol. The van der Waals surface area contributed by atoms with Gasteiger partial charge in [-0.15, -0.1) is 0 Å². The molecule has 0 spiro atoms. The number of rotatable bonds is 2. The van der Waals surface area contributed by atoms with Crippen molar-refractivity contribution in [3.05, 3.63) is 46.4 Å². The van der Waals surface area contributed by atoms with Crippen molar-refractivity contribution < 1.29 is 14.3 Å². The second-order valence-electron chi connectivity index (χ2n) is 5.58. The van der Waals surface area contributed by atoms with E-state index in [1.165, 1.54) is 0 Å². The third-order valence-electron chi connectivity index (χ3n) is 4.08. The number of hydrogen-bond donors (Lipinski definition) is 1. The number of nitrogens with one attached hydrogen (secondary N) is 1. The maximum atomic E-state index is 12.6. The van der Waals surface area contributed by atoms with E-state index in [4.69, 9.17) is 4.74 Å². The van der Waals surface area contributed by atoms with Crippen molar-refractivity contribution in [2.75, 3.05) is 32.8 Å². The van der Waals surface area contributed by atoms with Crippen LogP contribution >= 0.6 is 0 Å². The van der Waals surface area contributed by atoms with Crippen molar-refractivity contribution in [1.29, 1.82) is 0 Å².